The second kappa shape index (κ2) is 6.98. The molecule has 2 heterocycles. The van der Waals surface area contributed by atoms with Crippen LogP contribution in [-0.4, -0.2) is 20.8 Å². The maximum absolute atomic E-state index is 13.2. The first-order valence-electron chi connectivity index (χ1n) is 9.13. The summed E-state index contributed by atoms with van der Waals surface area (Å²) >= 11 is 0. The number of hydrogen-bond acceptors (Lipinski definition) is 4. The molecule has 1 N–H and O–H groups in total. The molecule has 0 spiro atoms. The van der Waals surface area contributed by atoms with E-state index in [2.05, 4.69) is 15.6 Å². The van der Waals surface area contributed by atoms with E-state index in [9.17, 15) is 9.18 Å². The molecule has 7 heteroatoms. The highest BCUT2D eigenvalue weighted by atomic mass is 19.1. The van der Waals surface area contributed by atoms with Gasteiger partial charge >= 0.3 is 0 Å². The van der Waals surface area contributed by atoms with Gasteiger partial charge in [0, 0.05) is 17.3 Å². The summed E-state index contributed by atoms with van der Waals surface area (Å²) in [6, 6.07) is 7.79. The Hall–Kier alpha value is -2.96. The van der Waals surface area contributed by atoms with Crippen molar-refractivity contribution in [3.8, 4) is 5.69 Å². The predicted octanol–water partition coefficient (Wildman–Crippen LogP) is 3.93. The lowest BCUT2D eigenvalue weighted by molar-refractivity contribution is 0.0895. The van der Waals surface area contributed by atoms with E-state index >= 15 is 0 Å². The fourth-order valence-electron chi connectivity index (χ4n) is 3.41. The van der Waals surface area contributed by atoms with Crippen LogP contribution in [0, 0.1) is 5.82 Å². The van der Waals surface area contributed by atoms with Crippen molar-refractivity contribution in [2.24, 2.45) is 0 Å². The average molecular weight is 368 g/mol. The van der Waals surface area contributed by atoms with Crippen LogP contribution in [-0.2, 0) is 6.42 Å². The van der Waals surface area contributed by atoms with Crippen LogP contribution in [0.5, 0.6) is 0 Å². The molecular formula is C20H21FN4O2. The Morgan fingerprint density at radius 3 is 2.81 bits per heavy atom. The van der Waals surface area contributed by atoms with E-state index < -0.39 is 0 Å². The second-order valence-corrected chi connectivity index (χ2v) is 7.12. The number of rotatable bonds is 4. The van der Waals surface area contributed by atoms with E-state index in [1.807, 2.05) is 18.5 Å². The smallest absolute Gasteiger partial charge is 0.290 e. The number of benzene rings is 1. The highest BCUT2D eigenvalue weighted by molar-refractivity contribution is 5.91. The number of carbonyl (C=O) groups excluding carboxylic acids is 1. The monoisotopic (exact) mass is 368 g/mol. The number of nitrogens with zero attached hydrogens (tertiary/aromatic N) is 3. The summed E-state index contributed by atoms with van der Waals surface area (Å²) in [6.07, 6.45) is 4.40. The fraction of sp³-hybridized carbons (Fsp3) is 0.350. The Balaban J connectivity index is 1.56. The zero-order chi connectivity index (χ0) is 19.0. The quantitative estimate of drug-likeness (QED) is 0.757. The van der Waals surface area contributed by atoms with Crippen molar-refractivity contribution in [2.45, 2.75) is 45.1 Å². The van der Waals surface area contributed by atoms with Gasteiger partial charge in [-0.25, -0.2) is 9.07 Å². The van der Waals surface area contributed by atoms with E-state index in [4.69, 9.17) is 4.52 Å². The van der Waals surface area contributed by atoms with Crippen LogP contribution in [0.4, 0.5) is 4.39 Å². The predicted molar refractivity (Wildman–Crippen MR) is 97.3 cm³/mol. The first-order chi connectivity index (χ1) is 13.0. The number of carbonyl (C=O) groups is 1. The third kappa shape index (κ3) is 3.37. The normalized spacial score (nSPS) is 16.4. The third-order valence-electron chi connectivity index (χ3n) is 4.90. The van der Waals surface area contributed by atoms with Crippen LogP contribution < -0.4 is 5.32 Å². The van der Waals surface area contributed by atoms with E-state index in [1.54, 1.807) is 24.4 Å². The Labute approximate surface area is 156 Å². The maximum atomic E-state index is 13.2. The van der Waals surface area contributed by atoms with E-state index in [0.29, 0.717) is 0 Å². The van der Waals surface area contributed by atoms with Gasteiger partial charge in [-0.2, -0.15) is 5.10 Å². The van der Waals surface area contributed by atoms with Crippen LogP contribution in [0.3, 0.4) is 0 Å². The standard InChI is InChI=1S/C20H21FN4O2/c1-12(2)17-10-19(27-24-17)20(26)23-16-4-3-5-18-15(16)11-22-25(18)14-8-6-13(21)7-9-14/h6-12,16H,3-5H2,1-2H3,(H,23,26)/t16-/m0/s1. The summed E-state index contributed by atoms with van der Waals surface area (Å²) in [5, 5.41) is 11.4. The summed E-state index contributed by atoms with van der Waals surface area (Å²) in [4.78, 5) is 12.6. The summed E-state index contributed by atoms with van der Waals surface area (Å²) in [6.45, 7) is 3.99. The molecule has 0 aliphatic heterocycles. The summed E-state index contributed by atoms with van der Waals surface area (Å²) < 4.78 is 20.2. The van der Waals surface area contributed by atoms with Gasteiger partial charge < -0.3 is 9.84 Å². The van der Waals surface area contributed by atoms with Crippen molar-refractivity contribution in [2.75, 3.05) is 0 Å². The topological polar surface area (TPSA) is 73.0 Å². The summed E-state index contributed by atoms with van der Waals surface area (Å²) in [5.41, 5.74) is 3.59. The average Bonchev–Trinajstić information content (AvgIpc) is 3.30. The molecule has 0 fully saturated rings. The number of nitrogens with one attached hydrogen (secondary N) is 1. The third-order valence-corrected chi connectivity index (χ3v) is 4.90. The van der Waals surface area contributed by atoms with E-state index in [-0.39, 0.29) is 29.4 Å². The number of halogens is 1. The molecule has 0 bridgehead atoms. The van der Waals surface area contributed by atoms with Crippen LogP contribution in [0.15, 0.2) is 41.1 Å². The molecule has 4 rings (SSSR count). The molecule has 1 aliphatic rings. The maximum Gasteiger partial charge on any atom is 0.290 e. The number of aromatic nitrogens is 3. The van der Waals surface area contributed by atoms with Gasteiger partial charge in [0.05, 0.1) is 23.6 Å². The van der Waals surface area contributed by atoms with Gasteiger partial charge in [0.1, 0.15) is 5.82 Å². The van der Waals surface area contributed by atoms with Crippen molar-refractivity contribution < 1.29 is 13.7 Å². The lowest BCUT2D eigenvalue weighted by atomic mass is 9.92. The zero-order valence-electron chi connectivity index (χ0n) is 15.3. The molecule has 6 nitrogen and oxygen atoms in total. The molecule has 140 valence electrons. The van der Waals surface area contributed by atoms with Gasteiger partial charge in [-0.1, -0.05) is 19.0 Å². The minimum Gasteiger partial charge on any atom is -0.351 e. The van der Waals surface area contributed by atoms with Crippen molar-refractivity contribution in [1.29, 1.82) is 0 Å². The number of fused-ring (bicyclic) bond motifs is 1. The van der Waals surface area contributed by atoms with Crippen molar-refractivity contribution in [3.63, 3.8) is 0 Å². The van der Waals surface area contributed by atoms with Crippen molar-refractivity contribution >= 4 is 5.91 Å². The Bertz CT molecular complexity index is 959. The van der Waals surface area contributed by atoms with Crippen LogP contribution >= 0.6 is 0 Å². The molecule has 27 heavy (non-hydrogen) atoms. The van der Waals surface area contributed by atoms with Crippen molar-refractivity contribution in [3.05, 3.63) is 65.1 Å². The first kappa shape index (κ1) is 17.5. The lowest BCUT2D eigenvalue weighted by Crippen LogP contribution is -2.30. The highest BCUT2D eigenvalue weighted by Gasteiger charge is 2.27. The molecule has 1 aliphatic carbocycles. The van der Waals surface area contributed by atoms with Crippen LogP contribution in [0.2, 0.25) is 0 Å². The lowest BCUT2D eigenvalue weighted by Gasteiger charge is -2.23. The Morgan fingerprint density at radius 1 is 1.33 bits per heavy atom. The van der Waals surface area contributed by atoms with Gasteiger partial charge in [0.2, 0.25) is 5.76 Å². The summed E-state index contributed by atoms with van der Waals surface area (Å²) in [5.74, 6) is -0.137. The largest absolute Gasteiger partial charge is 0.351 e. The minimum absolute atomic E-state index is 0.136. The van der Waals surface area contributed by atoms with Gasteiger partial charge in [-0.3, -0.25) is 4.79 Å². The molecular weight excluding hydrogens is 347 g/mol. The Morgan fingerprint density at radius 2 is 2.11 bits per heavy atom. The number of amides is 1. The van der Waals surface area contributed by atoms with Crippen LogP contribution in [0.1, 0.15) is 66.2 Å². The molecule has 1 amide bonds. The molecule has 3 aromatic rings. The fourth-order valence-corrected chi connectivity index (χ4v) is 3.41. The van der Waals surface area contributed by atoms with E-state index in [1.165, 1.54) is 12.1 Å². The Kier molecular flexibility index (Phi) is 4.51. The first-order valence-corrected chi connectivity index (χ1v) is 9.13. The van der Waals surface area contributed by atoms with E-state index in [0.717, 1.165) is 41.9 Å². The van der Waals surface area contributed by atoms with Crippen LogP contribution in [0.25, 0.3) is 5.69 Å². The zero-order valence-corrected chi connectivity index (χ0v) is 15.3. The molecule has 0 saturated heterocycles. The number of hydrogen-bond donors (Lipinski definition) is 1. The SMILES string of the molecule is CC(C)c1cc(C(=O)N[C@H]2CCCc3c2cnn3-c2ccc(F)cc2)on1. The van der Waals surface area contributed by atoms with Gasteiger partial charge in [-0.05, 0) is 49.4 Å². The second-order valence-electron chi connectivity index (χ2n) is 7.12. The van der Waals surface area contributed by atoms with Gasteiger partial charge in [0.25, 0.3) is 5.91 Å². The van der Waals surface area contributed by atoms with Gasteiger partial charge in [0.15, 0.2) is 0 Å². The molecule has 2 aromatic heterocycles. The molecule has 0 radical (unpaired) electrons. The molecule has 1 atom stereocenters. The van der Waals surface area contributed by atoms with Crippen molar-refractivity contribution in [1.82, 2.24) is 20.3 Å². The van der Waals surface area contributed by atoms with Gasteiger partial charge in [-0.15, -0.1) is 0 Å². The molecule has 0 saturated carbocycles. The molecule has 0 unspecified atom stereocenters. The highest BCUT2D eigenvalue weighted by Crippen LogP contribution is 2.31. The molecule has 1 aromatic carbocycles. The summed E-state index contributed by atoms with van der Waals surface area (Å²) in [7, 11) is 0. The minimum atomic E-state index is -0.280.